The van der Waals surface area contributed by atoms with E-state index in [1.165, 1.54) is 34.8 Å². The molecule has 138 valence electrons. The van der Waals surface area contributed by atoms with Crippen LogP contribution in [-0.4, -0.2) is 44.0 Å². The fourth-order valence-corrected chi connectivity index (χ4v) is 4.79. The number of nitrogens with one attached hydrogen (secondary N) is 1. The first kappa shape index (κ1) is 19.4. The van der Waals surface area contributed by atoms with Crippen LogP contribution < -0.4 is 4.72 Å². The van der Waals surface area contributed by atoms with E-state index in [9.17, 15) is 16.8 Å². The van der Waals surface area contributed by atoms with Crippen molar-refractivity contribution in [2.75, 3.05) is 17.8 Å². The van der Waals surface area contributed by atoms with E-state index in [1.807, 2.05) is 6.92 Å². The van der Waals surface area contributed by atoms with Gasteiger partial charge in [0.25, 0.3) is 10.0 Å². The number of anilines is 1. The van der Waals surface area contributed by atoms with Crippen LogP contribution >= 0.6 is 0 Å². The fraction of sp³-hybridized carbons (Fsp3) is 0.400. The summed E-state index contributed by atoms with van der Waals surface area (Å²) in [7, 11) is -7.43. The molecule has 0 atom stereocenters. The molecule has 1 aromatic heterocycles. The zero-order valence-corrected chi connectivity index (χ0v) is 16.0. The molecule has 0 aliphatic heterocycles. The summed E-state index contributed by atoms with van der Waals surface area (Å²) >= 11 is 0. The second kappa shape index (κ2) is 7.54. The third-order valence-electron chi connectivity index (χ3n) is 3.69. The van der Waals surface area contributed by atoms with Crippen LogP contribution in [0.4, 0.5) is 5.69 Å². The third kappa shape index (κ3) is 4.20. The van der Waals surface area contributed by atoms with Crippen molar-refractivity contribution < 1.29 is 16.8 Å². The second-order valence-electron chi connectivity index (χ2n) is 5.25. The summed E-state index contributed by atoms with van der Waals surface area (Å²) in [6, 6.07) is 5.17. The molecule has 0 aliphatic rings. The lowest BCUT2D eigenvalue weighted by molar-refractivity contribution is 0.445. The molecular weight excluding hydrogens is 364 g/mol. The summed E-state index contributed by atoms with van der Waals surface area (Å²) in [6.07, 6.45) is 3.00. The SMILES string of the molecule is CCN(CC)S(=O)(=O)c1ccc(S(=O)(=O)Nc2cnn(CC)c2)cc1. The molecule has 0 spiro atoms. The Balaban J connectivity index is 2.26. The lowest BCUT2D eigenvalue weighted by Crippen LogP contribution is -2.30. The minimum atomic E-state index is -3.81. The van der Waals surface area contributed by atoms with Crippen LogP contribution in [0.1, 0.15) is 20.8 Å². The second-order valence-corrected chi connectivity index (χ2v) is 8.87. The smallest absolute Gasteiger partial charge is 0.261 e. The minimum Gasteiger partial charge on any atom is -0.276 e. The van der Waals surface area contributed by atoms with Crippen LogP contribution in [0, 0.1) is 0 Å². The van der Waals surface area contributed by atoms with Crippen molar-refractivity contribution in [1.82, 2.24) is 14.1 Å². The summed E-state index contributed by atoms with van der Waals surface area (Å²) in [4.78, 5) is 0.0456. The highest BCUT2D eigenvalue weighted by molar-refractivity contribution is 7.92. The summed E-state index contributed by atoms with van der Waals surface area (Å²) in [5.74, 6) is 0. The highest BCUT2D eigenvalue weighted by Crippen LogP contribution is 2.20. The van der Waals surface area contributed by atoms with Crippen molar-refractivity contribution in [3.05, 3.63) is 36.7 Å². The monoisotopic (exact) mass is 386 g/mol. The maximum Gasteiger partial charge on any atom is 0.261 e. The van der Waals surface area contributed by atoms with E-state index in [4.69, 9.17) is 0 Å². The Hall–Kier alpha value is -1.91. The van der Waals surface area contributed by atoms with Crippen molar-refractivity contribution in [3.63, 3.8) is 0 Å². The molecule has 0 fully saturated rings. The van der Waals surface area contributed by atoms with Gasteiger partial charge in [0.1, 0.15) is 0 Å². The van der Waals surface area contributed by atoms with Crippen molar-refractivity contribution in [2.45, 2.75) is 37.1 Å². The predicted molar refractivity (Wildman–Crippen MR) is 95.3 cm³/mol. The molecule has 0 saturated heterocycles. The topological polar surface area (TPSA) is 101 Å². The molecule has 1 heterocycles. The van der Waals surface area contributed by atoms with Gasteiger partial charge >= 0.3 is 0 Å². The molecule has 0 amide bonds. The van der Waals surface area contributed by atoms with Gasteiger partial charge in [-0.3, -0.25) is 9.40 Å². The number of hydrogen-bond donors (Lipinski definition) is 1. The van der Waals surface area contributed by atoms with Gasteiger partial charge in [0.05, 0.1) is 21.7 Å². The molecular formula is C15H22N4O4S2. The van der Waals surface area contributed by atoms with Crippen LogP contribution in [0.25, 0.3) is 0 Å². The summed E-state index contributed by atoms with van der Waals surface area (Å²) in [6.45, 7) is 6.71. The van der Waals surface area contributed by atoms with E-state index in [0.717, 1.165) is 0 Å². The van der Waals surface area contributed by atoms with Crippen molar-refractivity contribution in [3.8, 4) is 0 Å². The maximum atomic E-state index is 12.4. The van der Waals surface area contributed by atoms with E-state index >= 15 is 0 Å². The van der Waals surface area contributed by atoms with E-state index in [1.54, 1.807) is 24.7 Å². The van der Waals surface area contributed by atoms with Crippen molar-refractivity contribution in [2.24, 2.45) is 0 Å². The number of aromatic nitrogens is 2. The summed E-state index contributed by atoms with van der Waals surface area (Å²) in [5, 5.41) is 4.00. The van der Waals surface area contributed by atoms with Crippen LogP contribution in [0.3, 0.4) is 0 Å². The van der Waals surface area contributed by atoms with Crippen LogP contribution in [-0.2, 0) is 26.6 Å². The predicted octanol–water partition coefficient (Wildman–Crippen LogP) is 1.73. The first-order valence-electron chi connectivity index (χ1n) is 7.90. The molecule has 0 unspecified atom stereocenters. The highest BCUT2D eigenvalue weighted by Gasteiger charge is 2.23. The number of benzene rings is 1. The van der Waals surface area contributed by atoms with E-state index in [-0.39, 0.29) is 9.79 Å². The van der Waals surface area contributed by atoms with Gasteiger partial charge < -0.3 is 0 Å². The Morgan fingerprint density at radius 2 is 1.56 bits per heavy atom. The molecule has 1 N–H and O–H groups in total. The molecule has 1 aromatic carbocycles. The Labute approximate surface area is 148 Å². The first-order chi connectivity index (χ1) is 11.7. The average molecular weight is 386 g/mol. The third-order valence-corrected chi connectivity index (χ3v) is 7.15. The summed E-state index contributed by atoms with van der Waals surface area (Å²) < 4.78 is 55.0. The Kier molecular flexibility index (Phi) is 5.86. The highest BCUT2D eigenvalue weighted by atomic mass is 32.2. The maximum absolute atomic E-state index is 12.4. The van der Waals surface area contributed by atoms with Gasteiger partial charge in [-0.1, -0.05) is 13.8 Å². The molecule has 10 heteroatoms. The van der Waals surface area contributed by atoms with Gasteiger partial charge in [-0.15, -0.1) is 0 Å². The number of sulfonamides is 2. The number of aryl methyl sites for hydroxylation is 1. The molecule has 0 bridgehead atoms. The largest absolute Gasteiger partial charge is 0.276 e. The Morgan fingerprint density at radius 1 is 1.00 bits per heavy atom. The van der Waals surface area contributed by atoms with Crippen LogP contribution in [0.2, 0.25) is 0 Å². The molecule has 0 radical (unpaired) electrons. The Morgan fingerprint density at radius 3 is 2.04 bits per heavy atom. The number of rotatable bonds is 8. The standard InChI is InChI=1S/C15H22N4O4S2/c1-4-18-12-13(11-16-18)17-24(20,21)14-7-9-15(10-8-14)25(22,23)19(5-2)6-3/h7-12,17H,4-6H2,1-3H3. The average Bonchev–Trinajstić information content (AvgIpc) is 3.02. The van der Waals surface area contributed by atoms with Gasteiger partial charge in [0.15, 0.2) is 0 Å². The lowest BCUT2D eigenvalue weighted by Gasteiger charge is -2.18. The molecule has 8 nitrogen and oxygen atoms in total. The van der Waals surface area contributed by atoms with E-state index in [0.29, 0.717) is 25.3 Å². The number of nitrogens with zero attached hydrogens (tertiary/aromatic N) is 3. The Bertz CT molecular complexity index is 915. The molecule has 0 aliphatic carbocycles. The normalized spacial score (nSPS) is 12.5. The lowest BCUT2D eigenvalue weighted by atomic mass is 10.4. The zero-order chi connectivity index (χ0) is 18.7. The molecule has 2 aromatic rings. The van der Waals surface area contributed by atoms with E-state index < -0.39 is 20.0 Å². The number of hydrogen-bond acceptors (Lipinski definition) is 5. The first-order valence-corrected chi connectivity index (χ1v) is 10.8. The van der Waals surface area contributed by atoms with E-state index in [2.05, 4.69) is 9.82 Å². The van der Waals surface area contributed by atoms with Crippen LogP contribution in [0.15, 0.2) is 46.5 Å². The quantitative estimate of drug-likeness (QED) is 0.744. The van der Waals surface area contributed by atoms with Gasteiger partial charge in [-0.2, -0.15) is 9.40 Å². The van der Waals surface area contributed by atoms with Gasteiger partial charge in [-0.05, 0) is 31.2 Å². The fourth-order valence-electron chi connectivity index (χ4n) is 2.31. The van der Waals surface area contributed by atoms with Gasteiger partial charge in [0, 0.05) is 25.8 Å². The van der Waals surface area contributed by atoms with Crippen LogP contribution in [0.5, 0.6) is 0 Å². The minimum absolute atomic E-state index is 0.0183. The van der Waals surface area contributed by atoms with Crippen molar-refractivity contribution >= 4 is 25.7 Å². The molecule has 0 saturated carbocycles. The zero-order valence-electron chi connectivity index (χ0n) is 14.4. The molecule has 2 rings (SSSR count). The summed E-state index contributed by atoms with van der Waals surface area (Å²) in [5.41, 5.74) is 0.349. The van der Waals surface area contributed by atoms with Gasteiger partial charge in [0.2, 0.25) is 10.0 Å². The van der Waals surface area contributed by atoms with Gasteiger partial charge in [-0.25, -0.2) is 16.8 Å². The molecule has 25 heavy (non-hydrogen) atoms. The van der Waals surface area contributed by atoms with Crippen molar-refractivity contribution in [1.29, 1.82) is 0 Å².